The number of alkyl halides is 3. The highest BCUT2D eigenvalue weighted by Gasteiger charge is 2.30. The molecular formula is C24H21F3N4O2. The molecule has 2 heterocycles. The van der Waals surface area contributed by atoms with E-state index in [4.69, 9.17) is 0 Å². The van der Waals surface area contributed by atoms with Gasteiger partial charge in [0.1, 0.15) is 0 Å². The monoisotopic (exact) mass is 454 g/mol. The van der Waals surface area contributed by atoms with Gasteiger partial charge in [-0.05, 0) is 61.6 Å². The Labute approximate surface area is 187 Å². The second-order valence-corrected chi connectivity index (χ2v) is 7.90. The minimum Gasteiger partial charge on any atom is -0.351 e. The zero-order chi connectivity index (χ0) is 23.8. The second kappa shape index (κ2) is 8.67. The number of hydrogen-bond acceptors (Lipinski definition) is 4. The molecule has 0 bridgehead atoms. The third-order valence-electron chi connectivity index (χ3n) is 5.25. The number of likely N-dealkylation sites (N-methyl/N-ethyl adjacent to an activating group) is 1. The highest BCUT2D eigenvalue weighted by Crippen LogP contribution is 2.32. The Hall–Kier alpha value is -3.72. The molecule has 1 N–H and O–H groups in total. The van der Waals surface area contributed by atoms with Crippen LogP contribution in [-0.2, 0) is 6.18 Å². The van der Waals surface area contributed by atoms with E-state index in [1.54, 1.807) is 30.3 Å². The molecule has 0 unspecified atom stereocenters. The summed E-state index contributed by atoms with van der Waals surface area (Å²) in [6, 6.07) is 12.8. The van der Waals surface area contributed by atoms with Crippen molar-refractivity contribution in [2.75, 3.05) is 27.2 Å². The number of carbonyl (C=O) groups excluding carboxylic acids is 1. The van der Waals surface area contributed by atoms with Crippen LogP contribution in [-0.4, -0.2) is 47.4 Å². The molecule has 0 atom stereocenters. The number of halogens is 3. The number of rotatable bonds is 5. The van der Waals surface area contributed by atoms with E-state index in [1.807, 2.05) is 19.0 Å². The molecule has 4 aromatic rings. The van der Waals surface area contributed by atoms with Gasteiger partial charge in [-0.25, -0.2) is 4.98 Å². The lowest BCUT2D eigenvalue weighted by molar-refractivity contribution is -0.137. The van der Waals surface area contributed by atoms with Gasteiger partial charge < -0.3 is 10.2 Å². The van der Waals surface area contributed by atoms with Crippen molar-refractivity contribution in [3.05, 3.63) is 82.3 Å². The smallest absolute Gasteiger partial charge is 0.351 e. The minimum absolute atomic E-state index is 0.212. The van der Waals surface area contributed by atoms with Crippen LogP contribution in [0.25, 0.3) is 27.7 Å². The van der Waals surface area contributed by atoms with Crippen LogP contribution in [0.4, 0.5) is 13.2 Å². The largest absolute Gasteiger partial charge is 0.416 e. The van der Waals surface area contributed by atoms with Crippen molar-refractivity contribution in [3.63, 3.8) is 0 Å². The summed E-state index contributed by atoms with van der Waals surface area (Å²) in [4.78, 5) is 32.3. The molecule has 2 aromatic heterocycles. The normalized spacial score (nSPS) is 11.9. The first kappa shape index (κ1) is 22.5. The molecule has 6 nitrogen and oxygen atoms in total. The van der Waals surface area contributed by atoms with Crippen molar-refractivity contribution in [3.8, 4) is 11.1 Å². The molecule has 0 aliphatic heterocycles. The zero-order valence-corrected chi connectivity index (χ0v) is 18.0. The maximum atomic E-state index is 13.2. The SMILES string of the molecule is CN(C)CCNC(=O)c1cccn2c(=O)c3cc(-c4cccc(C(F)(F)F)c4)ccc3nc12. The molecule has 0 aliphatic carbocycles. The molecule has 1 amide bonds. The Kier molecular flexibility index (Phi) is 5.90. The lowest BCUT2D eigenvalue weighted by Gasteiger charge is -2.12. The zero-order valence-electron chi connectivity index (χ0n) is 18.0. The Morgan fingerprint density at radius 2 is 1.82 bits per heavy atom. The summed E-state index contributed by atoms with van der Waals surface area (Å²) in [6.07, 6.45) is -2.95. The molecule has 9 heteroatoms. The molecule has 2 aromatic carbocycles. The fraction of sp³-hybridized carbons (Fsp3) is 0.208. The minimum atomic E-state index is -4.46. The first-order valence-electron chi connectivity index (χ1n) is 10.2. The highest BCUT2D eigenvalue weighted by molar-refractivity contribution is 6.00. The molecule has 0 radical (unpaired) electrons. The fourth-order valence-electron chi connectivity index (χ4n) is 3.55. The third-order valence-corrected chi connectivity index (χ3v) is 5.25. The van der Waals surface area contributed by atoms with Gasteiger partial charge in [-0.15, -0.1) is 0 Å². The van der Waals surface area contributed by atoms with Crippen LogP contribution in [0.15, 0.2) is 65.6 Å². The van der Waals surface area contributed by atoms with E-state index >= 15 is 0 Å². The van der Waals surface area contributed by atoms with Gasteiger partial charge >= 0.3 is 6.18 Å². The third kappa shape index (κ3) is 4.58. The van der Waals surface area contributed by atoms with Crippen LogP contribution in [0.5, 0.6) is 0 Å². The number of hydrogen-bond donors (Lipinski definition) is 1. The van der Waals surface area contributed by atoms with E-state index in [9.17, 15) is 22.8 Å². The number of aromatic nitrogens is 2. The summed E-state index contributed by atoms with van der Waals surface area (Å²) < 4.78 is 40.6. The number of benzene rings is 2. The molecule has 4 rings (SSSR count). The molecule has 0 aliphatic rings. The standard InChI is InChI=1S/C24H21F3N4O2/c1-30(2)12-10-28-22(32)18-7-4-11-31-21(18)29-20-9-8-16(14-19(20)23(31)33)15-5-3-6-17(13-15)24(25,26)27/h3-9,11,13-14H,10,12H2,1-2H3,(H,28,32). The van der Waals surface area contributed by atoms with Gasteiger partial charge in [0.25, 0.3) is 11.5 Å². The van der Waals surface area contributed by atoms with E-state index in [2.05, 4.69) is 10.3 Å². The van der Waals surface area contributed by atoms with Crippen LogP contribution >= 0.6 is 0 Å². The van der Waals surface area contributed by atoms with Crippen molar-refractivity contribution in [2.24, 2.45) is 0 Å². The van der Waals surface area contributed by atoms with Crippen molar-refractivity contribution in [2.45, 2.75) is 6.18 Å². The van der Waals surface area contributed by atoms with Gasteiger partial charge in [0.05, 0.1) is 22.0 Å². The summed E-state index contributed by atoms with van der Waals surface area (Å²) in [5.74, 6) is -0.346. The lowest BCUT2D eigenvalue weighted by atomic mass is 10.0. The van der Waals surface area contributed by atoms with Crippen LogP contribution in [0, 0.1) is 0 Å². The number of amides is 1. The lowest BCUT2D eigenvalue weighted by Crippen LogP contribution is -2.32. The Balaban J connectivity index is 1.79. The first-order valence-corrected chi connectivity index (χ1v) is 10.2. The second-order valence-electron chi connectivity index (χ2n) is 7.90. The van der Waals surface area contributed by atoms with Crippen LogP contribution < -0.4 is 10.9 Å². The van der Waals surface area contributed by atoms with E-state index in [1.165, 1.54) is 22.7 Å². The summed E-state index contributed by atoms with van der Waals surface area (Å²) in [5, 5.41) is 3.05. The van der Waals surface area contributed by atoms with Crippen LogP contribution in [0.1, 0.15) is 15.9 Å². The Morgan fingerprint density at radius 1 is 1.06 bits per heavy atom. The van der Waals surface area contributed by atoms with Crippen LogP contribution in [0.3, 0.4) is 0 Å². The fourth-order valence-corrected chi connectivity index (χ4v) is 3.55. The summed E-state index contributed by atoms with van der Waals surface area (Å²) in [7, 11) is 3.79. The Bertz CT molecular complexity index is 1410. The average Bonchev–Trinajstić information content (AvgIpc) is 2.78. The van der Waals surface area contributed by atoms with Crippen molar-refractivity contribution < 1.29 is 18.0 Å². The Morgan fingerprint density at radius 3 is 2.55 bits per heavy atom. The number of pyridine rings is 1. The van der Waals surface area contributed by atoms with Gasteiger partial charge in [-0.3, -0.25) is 14.0 Å². The number of carbonyl (C=O) groups is 1. The van der Waals surface area contributed by atoms with Gasteiger partial charge in [0, 0.05) is 19.3 Å². The van der Waals surface area contributed by atoms with Crippen molar-refractivity contribution >= 4 is 22.5 Å². The maximum absolute atomic E-state index is 13.2. The first-order chi connectivity index (χ1) is 15.6. The highest BCUT2D eigenvalue weighted by atomic mass is 19.4. The summed E-state index contributed by atoms with van der Waals surface area (Å²) in [5.41, 5.74) is 0.450. The van der Waals surface area contributed by atoms with Crippen molar-refractivity contribution in [1.82, 2.24) is 19.6 Å². The molecule has 33 heavy (non-hydrogen) atoms. The van der Waals surface area contributed by atoms with E-state index in [0.717, 1.165) is 12.1 Å². The molecule has 0 spiro atoms. The summed E-state index contributed by atoms with van der Waals surface area (Å²) in [6.45, 7) is 1.09. The number of nitrogens with zero attached hydrogens (tertiary/aromatic N) is 3. The van der Waals surface area contributed by atoms with E-state index < -0.39 is 17.3 Å². The number of nitrogens with one attached hydrogen (secondary N) is 1. The van der Waals surface area contributed by atoms with Gasteiger partial charge in [-0.1, -0.05) is 18.2 Å². The predicted octanol–water partition coefficient (Wildman–Crippen LogP) is 3.82. The average molecular weight is 454 g/mol. The quantitative estimate of drug-likeness (QED) is 0.466. The van der Waals surface area contributed by atoms with E-state index in [0.29, 0.717) is 29.7 Å². The number of fused-ring (bicyclic) bond motifs is 2. The summed E-state index contributed by atoms with van der Waals surface area (Å²) >= 11 is 0. The van der Waals surface area contributed by atoms with Gasteiger partial charge in [0.15, 0.2) is 5.65 Å². The molecular weight excluding hydrogens is 433 g/mol. The van der Waals surface area contributed by atoms with Gasteiger partial charge in [0.2, 0.25) is 0 Å². The topological polar surface area (TPSA) is 66.7 Å². The molecule has 170 valence electrons. The van der Waals surface area contributed by atoms with E-state index in [-0.39, 0.29) is 22.5 Å². The predicted molar refractivity (Wildman–Crippen MR) is 120 cm³/mol. The van der Waals surface area contributed by atoms with Crippen molar-refractivity contribution in [1.29, 1.82) is 0 Å². The van der Waals surface area contributed by atoms with Gasteiger partial charge in [-0.2, -0.15) is 13.2 Å². The molecule has 0 saturated heterocycles. The molecule has 0 saturated carbocycles. The van der Waals surface area contributed by atoms with Crippen LogP contribution in [0.2, 0.25) is 0 Å². The molecule has 0 fully saturated rings. The maximum Gasteiger partial charge on any atom is 0.416 e.